The molecule has 23 heavy (non-hydrogen) atoms. The highest BCUT2D eigenvalue weighted by molar-refractivity contribution is 5.68. The Kier molecular flexibility index (Phi) is 12.6. The molecule has 0 fully saturated rings. The minimum Gasteiger partial charge on any atom is -0.483 e. The van der Waals surface area contributed by atoms with E-state index < -0.39 is 5.60 Å². The van der Waals surface area contributed by atoms with Gasteiger partial charge in [0.05, 0.1) is 0 Å². The molecule has 1 rings (SSSR count). The summed E-state index contributed by atoms with van der Waals surface area (Å²) in [6.07, 6.45) is 0.446. The summed E-state index contributed by atoms with van der Waals surface area (Å²) in [6, 6.07) is 8.39. The molecule has 0 aliphatic carbocycles. The maximum atomic E-state index is 11.6. The summed E-state index contributed by atoms with van der Waals surface area (Å²) in [7, 11) is 0. The first-order chi connectivity index (χ1) is 10.7. The zero-order chi connectivity index (χ0) is 18.5. The van der Waals surface area contributed by atoms with Gasteiger partial charge in [0.1, 0.15) is 5.60 Å². The Morgan fingerprint density at radius 2 is 1.70 bits per heavy atom. The van der Waals surface area contributed by atoms with Crippen LogP contribution in [0.4, 0.5) is 4.79 Å². The lowest BCUT2D eigenvalue weighted by Gasteiger charge is -2.22. The first kappa shape index (κ1) is 23.2. The first-order valence-corrected chi connectivity index (χ1v) is 7.81. The van der Waals surface area contributed by atoms with E-state index in [0.29, 0.717) is 0 Å². The second kappa shape index (κ2) is 12.5. The highest BCUT2D eigenvalue weighted by atomic mass is 16.6. The molecule has 2 N–H and O–H groups in total. The van der Waals surface area contributed by atoms with Crippen LogP contribution in [0.3, 0.4) is 0 Å². The maximum absolute atomic E-state index is 11.6. The summed E-state index contributed by atoms with van der Waals surface area (Å²) in [6.45, 7) is 13.4. The fourth-order valence-corrected chi connectivity index (χ4v) is 1.64. The van der Waals surface area contributed by atoms with Crippen LogP contribution in [0.1, 0.15) is 52.7 Å². The summed E-state index contributed by atoms with van der Waals surface area (Å²) >= 11 is 0. The Hall–Kier alpha value is -2.04. The standard InChI is InChI=1S/C15H23NO2.C2H6.CH2O2/c1-11-6-8-13(9-7-11)10-12(2)16-14(17)18-15(3,4)5;1-2;2-1-3/h6-9,12H,10H2,1-5H3,(H,16,17);1-2H3;1H,(H,2,3). The van der Waals surface area contributed by atoms with Gasteiger partial charge in [-0.2, -0.15) is 0 Å². The van der Waals surface area contributed by atoms with E-state index in [4.69, 9.17) is 14.6 Å². The molecule has 0 aromatic heterocycles. The van der Waals surface area contributed by atoms with Crippen molar-refractivity contribution in [2.75, 3.05) is 0 Å². The van der Waals surface area contributed by atoms with Crippen LogP contribution in [-0.2, 0) is 16.0 Å². The van der Waals surface area contributed by atoms with E-state index >= 15 is 0 Å². The fourth-order valence-electron chi connectivity index (χ4n) is 1.64. The maximum Gasteiger partial charge on any atom is 0.407 e. The number of ether oxygens (including phenoxy) is 1. The van der Waals surface area contributed by atoms with E-state index in [1.165, 1.54) is 11.1 Å². The average molecular weight is 325 g/mol. The molecule has 0 saturated heterocycles. The minimum atomic E-state index is -0.451. The Labute approximate surface area is 140 Å². The topological polar surface area (TPSA) is 75.6 Å². The number of carbonyl (C=O) groups is 2. The van der Waals surface area contributed by atoms with E-state index in [-0.39, 0.29) is 18.6 Å². The normalized spacial score (nSPS) is 10.9. The third kappa shape index (κ3) is 14.7. The molecule has 0 bridgehead atoms. The van der Waals surface area contributed by atoms with Gasteiger partial charge in [-0.15, -0.1) is 0 Å². The van der Waals surface area contributed by atoms with Crippen LogP contribution in [0.5, 0.6) is 0 Å². The number of carboxylic acid groups (broad SMARTS) is 1. The Morgan fingerprint density at radius 3 is 2.09 bits per heavy atom. The molecule has 0 aliphatic rings. The second-order valence-corrected chi connectivity index (χ2v) is 5.84. The minimum absolute atomic E-state index is 0.0579. The number of rotatable bonds is 3. The van der Waals surface area contributed by atoms with Crippen molar-refractivity contribution >= 4 is 12.6 Å². The molecular weight excluding hydrogens is 294 g/mol. The lowest BCUT2D eigenvalue weighted by atomic mass is 10.1. The molecule has 132 valence electrons. The molecule has 0 radical (unpaired) electrons. The molecule has 1 atom stereocenters. The largest absolute Gasteiger partial charge is 0.483 e. The van der Waals surface area contributed by atoms with Gasteiger partial charge in [-0.25, -0.2) is 4.79 Å². The van der Waals surface area contributed by atoms with Gasteiger partial charge in [0, 0.05) is 6.04 Å². The summed E-state index contributed by atoms with van der Waals surface area (Å²) in [5.74, 6) is 0. The summed E-state index contributed by atoms with van der Waals surface area (Å²) in [5, 5.41) is 9.73. The molecule has 5 heteroatoms. The van der Waals surface area contributed by atoms with Crippen molar-refractivity contribution < 1.29 is 19.4 Å². The van der Waals surface area contributed by atoms with Gasteiger partial charge in [-0.05, 0) is 46.6 Å². The number of carbonyl (C=O) groups excluding carboxylic acids is 1. The van der Waals surface area contributed by atoms with Gasteiger partial charge in [-0.1, -0.05) is 43.7 Å². The average Bonchev–Trinajstić information content (AvgIpc) is 2.42. The van der Waals surface area contributed by atoms with E-state index in [1.54, 1.807) is 0 Å². The van der Waals surface area contributed by atoms with Crippen molar-refractivity contribution in [1.82, 2.24) is 5.32 Å². The zero-order valence-electron chi connectivity index (χ0n) is 15.3. The van der Waals surface area contributed by atoms with Gasteiger partial charge in [0.15, 0.2) is 0 Å². The van der Waals surface area contributed by atoms with Crippen LogP contribution in [0.15, 0.2) is 24.3 Å². The highest BCUT2D eigenvalue weighted by Gasteiger charge is 2.17. The van der Waals surface area contributed by atoms with Crippen molar-refractivity contribution in [2.45, 2.75) is 66.5 Å². The molecule has 1 unspecified atom stereocenters. The molecule has 1 aromatic rings. The number of hydrogen-bond acceptors (Lipinski definition) is 3. The van der Waals surface area contributed by atoms with Crippen molar-refractivity contribution in [3.05, 3.63) is 35.4 Å². The fraction of sp³-hybridized carbons (Fsp3) is 0.556. The van der Waals surface area contributed by atoms with Gasteiger partial charge in [-0.3, -0.25) is 4.79 Å². The van der Waals surface area contributed by atoms with Crippen LogP contribution in [0.25, 0.3) is 0 Å². The Balaban J connectivity index is 0. The van der Waals surface area contributed by atoms with Crippen molar-refractivity contribution in [2.24, 2.45) is 0 Å². The monoisotopic (exact) mass is 325 g/mol. The number of amides is 1. The molecule has 1 aromatic carbocycles. The Bertz CT molecular complexity index is 435. The number of hydrogen-bond donors (Lipinski definition) is 2. The lowest BCUT2D eigenvalue weighted by molar-refractivity contribution is -0.122. The summed E-state index contributed by atoms with van der Waals surface area (Å²) in [5.41, 5.74) is 2.00. The molecule has 0 aliphatic heterocycles. The van der Waals surface area contributed by atoms with Gasteiger partial charge in [0.2, 0.25) is 0 Å². The first-order valence-electron chi connectivity index (χ1n) is 7.81. The lowest BCUT2D eigenvalue weighted by Crippen LogP contribution is -2.38. The van der Waals surface area contributed by atoms with Gasteiger partial charge in [0.25, 0.3) is 6.47 Å². The predicted octanol–water partition coefficient (Wildman–Crippen LogP) is 4.18. The van der Waals surface area contributed by atoms with Crippen molar-refractivity contribution in [1.29, 1.82) is 0 Å². The smallest absolute Gasteiger partial charge is 0.407 e. The molecule has 5 nitrogen and oxygen atoms in total. The molecule has 0 saturated carbocycles. The van der Waals surface area contributed by atoms with Crippen LogP contribution in [0, 0.1) is 6.92 Å². The van der Waals surface area contributed by atoms with Crippen molar-refractivity contribution in [3.63, 3.8) is 0 Å². The number of alkyl carbamates (subject to hydrolysis) is 1. The molecular formula is C18H31NO4. The molecule has 1 amide bonds. The second-order valence-electron chi connectivity index (χ2n) is 5.84. The Morgan fingerprint density at radius 1 is 1.26 bits per heavy atom. The van der Waals surface area contributed by atoms with Crippen LogP contribution >= 0.6 is 0 Å². The van der Waals surface area contributed by atoms with E-state index in [1.807, 2.05) is 41.5 Å². The molecule has 0 spiro atoms. The van der Waals surface area contributed by atoms with Gasteiger partial charge < -0.3 is 15.2 Å². The highest BCUT2D eigenvalue weighted by Crippen LogP contribution is 2.09. The zero-order valence-corrected chi connectivity index (χ0v) is 15.3. The van der Waals surface area contributed by atoms with Crippen molar-refractivity contribution in [3.8, 4) is 0 Å². The van der Waals surface area contributed by atoms with Crippen LogP contribution in [0.2, 0.25) is 0 Å². The third-order valence-electron chi connectivity index (χ3n) is 2.43. The SMILES string of the molecule is CC.Cc1ccc(CC(C)NC(=O)OC(C)(C)C)cc1.O=CO. The van der Waals surface area contributed by atoms with E-state index in [2.05, 4.69) is 36.5 Å². The van der Waals surface area contributed by atoms with Crippen LogP contribution < -0.4 is 5.32 Å². The number of benzene rings is 1. The van der Waals surface area contributed by atoms with E-state index in [0.717, 1.165) is 6.42 Å². The van der Waals surface area contributed by atoms with E-state index in [9.17, 15) is 4.79 Å². The predicted molar refractivity (Wildman–Crippen MR) is 93.8 cm³/mol. The quantitative estimate of drug-likeness (QED) is 0.818. The third-order valence-corrected chi connectivity index (χ3v) is 2.43. The number of nitrogens with one attached hydrogen (secondary N) is 1. The summed E-state index contributed by atoms with van der Waals surface area (Å²) < 4.78 is 5.22. The van der Waals surface area contributed by atoms with Gasteiger partial charge >= 0.3 is 6.09 Å². The molecule has 0 heterocycles. The summed E-state index contributed by atoms with van der Waals surface area (Å²) in [4.78, 5) is 19.9. The van der Waals surface area contributed by atoms with Crippen LogP contribution in [-0.4, -0.2) is 29.3 Å². The number of aryl methyl sites for hydroxylation is 1.